The third-order valence-corrected chi connectivity index (χ3v) is 11.0. The van der Waals surface area contributed by atoms with E-state index in [1.54, 1.807) is 0 Å². The van der Waals surface area contributed by atoms with Crippen LogP contribution in [0.15, 0.2) is 36.4 Å². The summed E-state index contributed by atoms with van der Waals surface area (Å²) in [5.74, 6) is 1.76. The molecule has 6 aliphatic rings. The molecule has 4 atom stereocenters. The first-order valence-corrected chi connectivity index (χ1v) is 16.3. The van der Waals surface area contributed by atoms with Gasteiger partial charge in [0, 0.05) is 61.3 Å². The number of fused-ring (bicyclic) bond motifs is 5. The van der Waals surface area contributed by atoms with E-state index in [1.807, 2.05) is 0 Å². The molecule has 1 aromatic heterocycles. The Balaban J connectivity index is 1.07. The zero-order valence-corrected chi connectivity index (χ0v) is 24.4. The molecule has 2 unspecified atom stereocenters. The van der Waals surface area contributed by atoms with Gasteiger partial charge in [0.1, 0.15) is 18.6 Å². The number of anilines is 2. The van der Waals surface area contributed by atoms with Crippen molar-refractivity contribution in [3.63, 3.8) is 0 Å². The Hall–Kier alpha value is -2.97. The van der Waals surface area contributed by atoms with E-state index in [-0.39, 0.29) is 5.54 Å². The molecule has 6 heterocycles. The number of halogens is 1. The van der Waals surface area contributed by atoms with E-state index < -0.39 is 6.17 Å². The summed E-state index contributed by atoms with van der Waals surface area (Å²) < 4.78 is 21.0. The van der Waals surface area contributed by atoms with Crippen molar-refractivity contribution < 1.29 is 9.13 Å². The molecule has 5 aliphatic heterocycles. The zero-order chi connectivity index (χ0) is 27.8. The minimum atomic E-state index is -0.764. The van der Waals surface area contributed by atoms with Gasteiger partial charge in [0.2, 0.25) is 0 Å². The van der Waals surface area contributed by atoms with Gasteiger partial charge in [-0.15, -0.1) is 0 Å². The van der Waals surface area contributed by atoms with Gasteiger partial charge >= 0.3 is 6.01 Å². The average Bonchev–Trinajstić information content (AvgIpc) is 3.61. The van der Waals surface area contributed by atoms with E-state index in [9.17, 15) is 4.39 Å². The molecule has 42 heavy (non-hydrogen) atoms. The second-order valence-electron chi connectivity index (χ2n) is 13.8. The molecule has 3 aromatic rings. The second kappa shape index (κ2) is 9.78. The molecule has 8 heteroatoms. The highest BCUT2D eigenvalue weighted by Gasteiger charge is 2.49. The SMILES string of the molecule is FC1CN2CCCC2(COc2nc3c(c(N4C[C@H]5CC[C@@H](C4)N5)n2)CCN(c2cccc4cccc(C5CC5)c24)C3)C1. The maximum atomic E-state index is 14.5. The molecule has 5 fully saturated rings. The molecule has 1 aliphatic carbocycles. The fraction of sp³-hybridized carbons (Fsp3) is 0.588. The fourth-order valence-electron chi connectivity index (χ4n) is 8.89. The summed E-state index contributed by atoms with van der Waals surface area (Å²) in [6.45, 7) is 5.64. The lowest BCUT2D eigenvalue weighted by Crippen LogP contribution is -2.52. The highest BCUT2D eigenvalue weighted by Crippen LogP contribution is 2.46. The van der Waals surface area contributed by atoms with Crippen molar-refractivity contribution in [3.05, 3.63) is 53.2 Å². The molecule has 1 saturated carbocycles. The van der Waals surface area contributed by atoms with Crippen LogP contribution in [-0.4, -0.2) is 78.0 Å². The van der Waals surface area contributed by atoms with Gasteiger partial charge in [0.15, 0.2) is 0 Å². The van der Waals surface area contributed by atoms with Crippen molar-refractivity contribution in [2.24, 2.45) is 0 Å². The lowest BCUT2D eigenvalue weighted by molar-refractivity contribution is 0.107. The van der Waals surface area contributed by atoms with Crippen LogP contribution in [0, 0.1) is 0 Å². The number of alkyl halides is 1. The molecule has 9 rings (SSSR count). The zero-order valence-electron chi connectivity index (χ0n) is 24.4. The fourth-order valence-corrected chi connectivity index (χ4v) is 8.89. The molecule has 0 amide bonds. The molecule has 220 valence electrons. The van der Waals surface area contributed by atoms with Gasteiger partial charge in [0.05, 0.1) is 17.8 Å². The van der Waals surface area contributed by atoms with Crippen LogP contribution in [-0.2, 0) is 13.0 Å². The normalized spacial score (nSPS) is 30.6. The van der Waals surface area contributed by atoms with Crippen LogP contribution in [0.5, 0.6) is 6.01 Å². The van der Waals surface area contributed by atoms with Crippen molar-refractivity contribution in [2.45, 2.75) is 87.6 Å². The summed E-state index contributed by atoms with van der Waals surface area (Å²) in [6, 6.07) is 15.1. The molecule has 7 nitrogen and oxygen atoms in total. The van der Waals surface area contributed by atoms with E-state index in [4.69, 9.17) is 14.7 Å². The van der Waals surface area contributed by atoms with Crippen LogP contribution in [0.1, 0.15) is 67.7 Å². The van der Waals surface area contributed by atoms with Crippen LogP contribution in [0.3, 0.4) is 0 Å². The number of nitrogens with zero attached hydrogens (tertiary/aromatic N) is 5. The summed E-state index contributed by atoms with van der Waals surface area (Å²) in [6.07, 6.45) is 7.88. The highest BCUT2D eigenvalue weighted by molar-refractivity contribution is 5.97. The first-order chi connectivity index (χ1) is 20.6. The van der Waals surface area contributed by atoms with E-state index in [0.717, 1.165) is 63.5 Å². The monoisotopic (exact) mass is 568 g/mol. The van der Waals surface area contributed by atoms with Crippen molar-refractivity contribution in [2.75, 3.05) is 49.1 Å². The molecular formula is C34H41FN6O. The topological polar surface area (TPSA) is 56.8 Å². The number of aromatic nitrogens is 2. The van der Waals surface area contributed by atoms with Gasteiger partial charge in [-0.2, -0.15) is 9.97 Å². The van der Waals surface area contributed by atoms with E-state index in [2.05, 4.69) is 56.4 Å². The molecule has 2 aromatic carbocycles. The number of hydrogen-bond donors (Lipinski definition) is 1. The number of piperazine rings is 1. The van der Waals surface area contributed by atoms with E-state index >= 15 is 0 Å². The number of benzene rings is 2. The Morgan fingerprint density at radius 2 is 1.79 bits per heavy atom. The maximum absolute atomic E-state index is 14.5. The highest BCUT2D eigenvalue weighted by atomic mass is 19.1. The number of rotatable bonds is 6. The Bertz CT molecular complexity index is 1510. The summed E-state index contributed by atoms with van der Waals surface area (Å²) >= 11 is 0. The van der Waals surface area contributed by atoms with Crippen molar-refractivity contribution in [1.29, 1.82) is 0 Å². The van der Waals surface area contributed by atoms with E-state index in [1.165, 1.54) is 53.3 Å². The Labute approximate surface area is 247 Å². The lowest BCUT2D eigenvalue weighted by Gasteiger charge is -2.38. The first kappa shape index (κ1) is 25.5. The maximum Gasteiger partial charge on any atom is 0.318 e. The minimum absolute atomic E-state index is 0.207. The summed E-state index contributed by atoms with van der Waals surface area (Å²) in [7, 11) is 0. The Morgan fingerprint density at radius 3 is 2.62 bits per heavy atom. The van der Waals surface area contributed by atoms with Crippen molar-refractivity contribution >= 4 is 22.3 Å². The largest absolute Gasteiger partial charge is 0.461 e. The lowest BCUT2D eigenvalue weighted by atomic mass is 9.95. The van der Waals surface area contributed by atoms with Crippen LogP contribution in [0.4, 0.5) is 15.9 Å². The average molecular weight is 569 g/mol. The van der Waals surface area contributed by atoms with Crippen LogP contribution in [0.25, 0.3) is 10.8 Å². The number of ether oxygens (including phenoxy) is 1. The smallest absolute Gasteiger partial charge is 0.318 e. The van der Waals surface area contributed by atoms with Gasteiger partial charge in [-0.05, 0) is 74.4 Å². The van der Waals surface area contributed by atoms with Crippen molar-refractivity contribution in [1.82, 2.24) is 20.2 Å². The molecule has 0 spiro atoms. The summed E-state index contributed by atoms with van der Waals surface area (Å²) in [4.78, 5) is 17.6. The van der Waals surface area contributed by atoms with Gasteiger partial charge in [-0.3, -0.25) is 4.90 Å². The summed E-state index contributed by atoms with van der Waals surface area (Å²) in [5.41, 5.74) is 4.99. The molecular weight excluding hydrogens is 527 g/mol. The van der Waals surface area contributed by atoms with Gasteiger partial charge in [-0.25, -0.2) is 4.39 Å². The quantitative estimate of drug-likeness (QED) is 0.451. The summed E-state index contributed by atoms with van der Waals surface area (Å²) in [5, 5.41) is 6.52. The van der Waals surface area contributed by atoms with Gasteiger partial charge in [0.25, 0.3) is 0 Å². The van der Waals surface area contributed by atoms with Crippen LogP contribution < -0.4 is 19.9 Å². The third-order valence-electron chi connectivity index (χ3n) is 11.0. The van der Waals surface area contributed by atoms with Gasteiger partial charge in [-0.1, -0.05) is 30.3 Å². The Morgan fingerprint density at radius 1 is 0.952 bits per heavy atom. The van der Waals surface area contributed by atoms with Gasteiger partial charge < -0.3 is 19.9 Å². The standard InChI is InChI=1S/C34H41FN6O/c35-24-16-34(13-3-14-41(34)17-24)21-42-33-37-29-20-39(30-7-2-5-23-4-1-6-27(31(23)30)22-8-9-22)15-12-28(29)32(38-33)40-18-25-10-11-26(19-40)36-25/h1-2,4-7,22,24-26,36H,3,8-21H2/t24?,25-,26+,34?. The van der Waals surface area contributed by atoms with Crippen LogP contribution >= 0.6 is 0 Å². The predicted octanol–water partition coefficient (Wildman–Crippen LogP) is 4.97. The first-order valence-electron chi connectivity index (χ1n) is 16.3. The predicted molar refractivity (Wildman–Crippen MR) is 163 cm³/mol. The van der Waals surface area contributed by atoms with Crippen LogP contribution in [0.2, 0.25) is 0 Å². The molecule has 1 N–H and O–H groups in total. The molecule has 4 saturated heterocycles. The number of hydrogen-bond acceptors (Lipinski definition) is 7. The molecule has 2 bridgehead atoms. The Kier molecular flexibility index (Phi) is 5.94. The van der Waals surface area contributed by atoms with Crippen molar-refractivity contribution in [3.8, 4) is 6.01 Å². The number of nitrogens with one attached hydrogen (secondary N) is 1. The minimum Gasteiger partial charge on any atom is -0.461 e. The second-order valence-corrected chi connectivity index (χ2v) is 13.8. The molecule has 0 radical (unpaired) electrons. The third kappa shape index (κ3) is 4.28. The van der Waals surface area contributed by atoms with E-state index in [0.29, 0.717) is 43.6 Å².